The lowest BCUT2D eigenvalue weighted by Gasteiger charge is -2.01. The first-order chi connectivity index (χ1) is 6.83. The van der Waals surface area contributed by atoms with Gasteiger partial charge in [-0.1, -0.05) is 0 Å². The molecule has 0 saturated heterocycles. The highest BCUT2D eigenvalue weighted by Crippen LogP contribution is 2.19. The summed E-state index contributed by atoms with van der Waals surface area (Å²) in [6.45, 7) is 1.22. The Morgan fingerprint density at radius 2 is 2.43 bits per heavy atom. The lowest BCUT2D eigenvalue weighted by Crippen LogP contribution is -2.04. The van der Waals surface area contributed by atoms with E-state index in [1.54, 1.807) is 11.3 Å². The Labute approximate surface area is 100 Å². The third kappa shape index (κ3) is 5.19. The standard InChI is InChI=1S/C8H13BrN2OS2/c9-7-6-14-8(11-7)10-2-5-13-4-1-3-12/h6,12H,1-5H2,(H,10,11). The van der Waals surface area contributed by atoms with Gasteiger partial charge in [-0.05, 0) is 28.1 Å². The Kier molecular flexibility index (Phi) is 6.59. The van der Waals surface area contributed by atoms with Crippen LogP contribution >= 0.6 is 39.0 Å². The number of aliphatic hydroxyl groups is 1. The second-order valence-electron chi connectivity index (χ2n) is 2.59. The normalized spacial score (nSPS) is 10.4. The first-order valence-corrected chi connectivity index (χ1v) is 7.19. The van der Waals surface area contributed by atoms with Gasteiger partial charge in [-0.2, -0.15) is 11.8 Å². The maximum absolute atomic E-state index is 8.56. The second kappa shape index (κ2) is 7.50. The SMILES string of the molecule is OCCCSCCNc1nc(Br)cs1. The molecule has 0 aliphatic rings. The van der Waals surface area contributed by atoms with Crippen LogP contribution in [0.25, 0.3) is 0 Å². The van der Waals surface area contributed by atoms with Crippen molar-refractivity contribution < 1.29 is 5.11 Å². The summed E-state index contributed by atoms with van der Waals surface area (Å²) in [7, 11) is 0. The molecule has 1 aromatic heterocycles. The summed E-state index contributed by atoms with van der Waals surface area (Å²) in [4.78, 5) is 4.22. The van der Waals surface area contributed by atoms with E-state index in [0.717, 1.165) is 34.2 Å². The molecule has 0 bridgehead atoms. The van der Waals surface area contributed by atoms with Crippen LogP contribution in [0.2, 0.25) is 0 Å². The molecular weight excluding hydrogens is 284 g/mol. The quantitative estimate of drug-likeness (QED) is 0.759. The number of aromatic nitrogens is 1. The van der Waals surface area contributed by atoms with Gasteiger partial charge < -0.3 is 10.4 Å². The molecule has 0 aliphatic heterocycles. The minimum absolute atomic E-state index is 0.292. The van der Waals surface area contributed by atoms with Crippen molar-refractivity contribution in [1.29, 1.82) is 0 Å². The largest absolute Gasteiger partial charge is 0.396 e. The summed E-state index contributed by atoms with van der Waals surface area (Å²) >= 11 is 6.75. The Bertz CT molecular complexity index is 257. The first kappa shape index (κ1) is 12.3. The van der Waals surface area contributed by atoms with Crippen molar-refractivity contribution in [2.45, 2.75) is 6.42 Å². The Morgan fingerprint density at radius 3 is 3.07 bits per heavy atom. The Balaban J connectivity index is 1.99. The van der Waals surface area contributed by atoms with Crippen LogP contribution in [0, 0.1) is 0 Å². The van der Waals surface area contributed by atoms with Gasteiger partial charge in [0, 0.05) is 24.3 Å². The summed E-state index contributed by atoms with van der Waals surface area (Å²) in [5, 5.41) is 14.7. The second-order valence-corrected chi connectivity index (χ2v) is 5.49. The highest BCUT2D eigenvalue weighted by atomic mass is 79.9. The predicted octanol–water partition coefficient (Wildman–Crippen LogP) is 2.43. The van der Waals surface area contributed by atoms with Gasteiger partial charge in [0.15, 0.2) is 5.13 Å². The fraction of sp³-hybridized carbons (Fsp3) is 0.625. The van der Waals surface area contributed by atoms with Crippen LogP contribution < -0.4 is 5.32 Å². The summed E-state index contributed by atoms with van der Waals surface area (Å²) < 4.78 is 0.887. The average Bonchev–Trinajstić information content (AvgIpc) is 2.58. The molecule has 1 rings (SSSR count). The molecule has 0 saturated carbocycles. The molecule has 80 valence electrons. The van der Waals surface area contributed by atoms with E-state index in [9.17, 15) is 0 Å². The molecule has 0 radical (unpaired) electrons. The molecular formula is C8H13BrN2OS2. The van der Waals surface area contributed by atoms with Crippen LogP contribution in [0.15, 0.2) is 9.98 Å². The molecule has 2 N–H and O–H groups in total. The maximum Gasteiger partial charge on any atom is 0.183 e. The Hall–Kier alpha value is 0.220. The van der Waals surface area contributed by atoms with Crippen LogP contribution in [0.3, 0.4) is 0 Å². The highest BCUT2D eigenvalue weighted by molar-refractivity contribution is 9.10. The molecule has 1 heterocycles. The number of nitrogens with zero attached hydrogens (tertiary/aromatic N) is 1. The molecule has 0 aliphatic carbocycles. The van der Waals surface area contributed by atoms with Crippen molar-refractivity contribution in [3.63, 3.8) is 0 Å². The van der Waals surface area contributed by atoms with E-state index in [2.05, 4.69) is 26.2 Å². The van der Waals surface area contributed by atoms with Crippen molar-refractivity contribution in [3.05, 3.63) is 9.98 Å². The molecule has 0 spiro atoms. The van der Waals surface area contributed by atoms with E-state index >= 15 is 0 Å². The summed E-state index contributed by atoms with van der Waals surface area (Å²) in [6, 6.07) is 0. The monoisotopic (exact) mass is 296 g/mol. The number of nitrogens with one attached hydrogen (secondary N) is 1. The van der Waals surface area contributed by atoms with E-state index < -0.39 is 0 Å². The van der Waals surface area contributed by atoms with E-state index in [-0.39, 0.29) is 0 Å². The van der Waals surface area contributed by atoms with Crippen LogP contribution in [0.5, 0.6) is 0 Å². The van der Waals surface area contributed by atoms with Crippen LogP contribution in [-0.4, -0.2) is 34.7 Å². The van der Waals surface area contributed by atoms with Crippen molar-refractivity contribution in [3.8, 4) is 0 Å². The van der Waals surface area contributed by atoms with Gasteiger partial charge in [0.2, 0.25) is 0 Å². The number of anilines is 1. The number of hydrogen-bond donors (Lipinski definition) is 2. The van der Waals surface area contributed by atoms with Crippen LogP contribution in [0.4, 0.5) is 5.13 Å². The number of hydrogen-bond acceptors (Lipinski definition) is 5. The minimum atomic E-state index is 0.292. The number of halogens is 1. The van der Waals surface area contributed by atoms with E-state index in [1.165, 1.54) is 0 Å². The molecule has 3 nitrogen and oxygen atoms in total. The summed E-state index contributed by atoms with van der Waals surface area (Å²) in [6.07, 6.45) is 0.882. The smallest absolute Gasteiger partial charge is 0.183 e. The molecule has 1 aromatic rings. The van der Waals surface area contributed by atoms with Gasteiger partial charge in [0.25, 0.3) is 0 Å². The van der Waals surface area contributed by atoms with Gasteiger partial charge in [0.1, 0.15) is 4.60 Å². The molecule has 0 amide bonds. The van der Waals surface area contributed by atoms with Gasteiger partial charge in [-0.3, -0.25) is 0 Å². The van der Waals surface area contributed by atoms with Gasteiger partial charge >= 0.3 is 0 Å². The molecule has 14 heavy (non-hydrogen) atoms. The third-order valence-corrected chi connectivity index (χ3v) is 4.03. The fourth-order valence-electron chi connectivity index (χ4n) is 0.834. The fourth-order valence-corrected chi connectivity index (χ4v) is 2.79. The summed E-state index contributed by atoms with van der Waals surface area (Å²) in [5.74, 6) is 2.08. The van der Waals surface area contributed by atoms with Crippen molar-refractivity contribution in [2.24, 2.45) is 0 Å². The van der Waals surface area contributed by atoms with Crippen LogP contribution in [-0.2, 0) is 0 Å². The van der Waals surface area contributed by atoms with Crippen molar-refractivity contribution in [2.75, 3.05) is 30.0 Å². The molecule has 0 fully saturated rings. The van der Waals surface area contributed by atoms with Gasteiger partial charge in [0.05, 0.1) is 0 Å². The van der Waals surface area contributed by atoms with Crippen LogP contribution in [0.1, 0.15) is 6.42 Å². The van der Waals surface area contributed by atoms with E-state index in [1.807, 2.05) is 17.1 Å². The minimum Gasteiger partial charge on any atom is -0.396 e. The average molecular weight is 297 g/mol. The lowest BCUT2D eigenvalue weighted by molar-refractivity contribution is 0.296. The molecule has 0 atom stereocenters. The van der Waals surface area contributed by atoms with E-state index in [0.29, 0.717) is 6.61 Å². The maximum atomic E-state index is 8.56. The molecule has 6 heteroatoms. The van der Waals surface area contributed by atoms with E-state index in [4.69, 9.17) is 5.11 Å². The third-order valence-electron chi connectivity index (χ3n) is 1.45. The topological polar surface area (TPSA) is 45.1 Å². The predicted molar refractivity (Wildman–Crippen MR) is 67.3 cm³/mol. The lowest BCUT2D eigenvalue weighted by atomic mass is 10.5. The zero-order chi connectivity index (χ0) is 10.2. The summed E-state index contributed by atoms with van der Waals surface area (Å²) in [5.41, 5.74) is 0. The molecule has 0 aromatic carbocycles. The Morgan fingerprint density at radius 1 is 1.57 bits per heavy atom. The molecule has 0 unspecified atom stereocenters. The zero-order valence-corrected chi connectivity index (χ0v) is 10.9. The van der Waals surface area contributed by atoms with Gasteiger partial charge in [-0.15, -0.1) is 11.3 Å². The first-order valence-electron chi connectivity index (χ1n) is 4.36. The highest BCUT2D eigenvalue weighted by Gasteiger charge is 1.97. The number of thioether (sulfide) groups is 1. The zero-order valence-electron chi connectivity index (χ0n) is 7.70. The number of aliphatic hydroxyl groups excluding tert-OH is 1. The van der Waals surface area contributed by atoms with Gasteiger partial charge in [-0.25, -0.2) is 4.98 Å². The number of rotatable bonds is 7. The van der Waals surface area contributed by atoms with Crippen molar-refractivity contribution in [1.82, 2.24) is 4.98 Å². The van der Waals surface area contributed by atoms with Crippen molar-refractivity contribution >= 4 is 44.2 Å². The number of thiazole rings is 1.